The van der Waals surface area contributed by atoms with Gasteiger partial charge in [-0.2, -0.15) is 0 Å². The van der Waals surface area contributed by atoms with Gasteiger partial charge in [-0.15, -0.1) is 0 Å². The highest BCUT2D eigenvalue weighted by atomic mass is 32.2. The molecule has 2 aromatic carbocycles. The normalized spacial score (nSPS) is 11.3. The lowest BCUT2D eigenvalue weighted by Crippen LogP contribution is -2.33. The van der Waals surface area contributed by atoms with E-state index in [0.29, 0.717) is 31.0 Å². The summed E-state index contributed by atoms with van der Waals surface area (Å²) in [6.45, 7) is 6.93. The molecule has 0 fully saturated rings. The van der Waals surface area contributed by atoms with E-state index in [-0.39, 0.29) is 25.0 Å². The number of sulfonamides is 1. The molecule has 8 heteroatoms. The lowest BCUT2D eigenvalue weighted by Gasteiger charge is -2.23. The number of anilines is 1. The molecule has 0 saturated heterocycles. The monoisotopic (exact) mass is 476 g/mol. The minimum absolute atomic E-state index is 0.0139. The largest absolute Gasteiger partial charge is 0.492 e. The van der Waals surface area contributed by atoms with Crippen LogP contribution in [0.5, 0.6) is 11.5 Å². The van der Waals surface area contributed by atoms with Gasteiger partial charge in [-0.05, 0) is 56.5 Å². The van der Waals surface area contributed by atoms with E-state index < -0.39 is 10.0 Å². The molecule has 0 spiro atoms. The zero-order valence-electron chi connectivity index (χ0n) is 20.0. The van der Waals surface area contributed by atoms with Crippen LogP contribution in [0.4, 0.5) is 5.69 Å². The van der Waals surface area contributed by atoms with Gasteiger partial charge in [0.25, 0.3) is 0 Å². The number of nitrogens with one attached hydrogen (secondary N) is 1. The van der Waals surface area contributed by atoms with E-state index in [1.807, 2.05) is 26.0 Å². The molecule has 1 amide bonds. The van der Waals surface area contributed by atoms with Crippen LogP contribution >= 0.6 is 0 Å². The second-order valence-corrected chi connectivity index (χ2v) is 10.1. The Kier molecular flexibility index (Phi) is 10.5. The molecule has 2 aromatic rings. The second-order valence-electron chi connectivity index (χ2n) is 8.20. The van der Waals surface area contributed by atoms with Crippen LogP contribution in [-0.2, 0) is 21.2 Å². The first kappa shape index (κ1) is 26.5. The summed E-state index contributed by atoms with van der Waals surface area (Å²) in [6.07, 6.45) is 3.92. The van der Waals surface area contributed by atoms with Crippen molar-refractivity contribution in [1.82, 2.24) is 5.32 Å². The van der Waals surface area contributed by atoms with E-state index in [1.54, 1.807) is 24.3 Å². The fraction of sp³-hybridized carbons (Fsp3) is 0.480. The third kappa shape index (κ3) is 9.74. The lowest BCUT2D eigenvalue weighted by molar-refractivity contribution is -0.121. The van der Waals surface area contributed by atoms with Crippen LogP contribution in [0.2, 0.25) is 0 Å². The first-order valence-electron chi connectivity index (χ1n) is 11.4. The molecule has 0 aliphatic rings. The molecule has 0 radical (unpaired) electrons. The van der Waals surface area contributed by atoms with Gasteiger partial charge in [-0.1, -0.05) is 31.5 Å². The molecule has 0 saturated carbocycles. The number of benzene rings is 2. The van der Waals surface area contributed by atoms with E-state index in [2.05, 4.69) is 24.4 Å². The Morgan fingerprint density at radius 2 is 1.82 bits per heavy atom. The standard InChI is InChI=1S/C25H36N2O5S/c1-5-8-21-12-14-23(15-13-21)31-18-16-26-25(28)11-7-17-27(33(4,29)30)22-9-6-10-24(19-22)32-20(2)3/h6,9-10,12-15,19-20H,5,7-8,11,16-18H2,1-4H3,(H,26,28). The van der Waals surface area contributed by atoms with Crippen molar-refractivity contribution < 1.29 is 22.7 Å². The van der Waals surface area contributed by atoms with Crippen molar-refractivity contribution in [2.24, 2.45) is 0 Å². The van der Waals surface area contributed by atoms with E-state index >= 15 is 0 Å². The van der Waals surface area contributed by atoms with Crippen LogP contribution in [0.25, 0.3) is 0 Å². The minimum atomic E-state index is -3.49. The van der Waals surface area contributed by atoms with E-state index in [1.165, 1.54) is 9.87 Å². The van der Waals surface area contributed by atoms with Gasteiger partial charge in [-0.25, -0.2) is 8.42 Å². The van der Waals surface area contributed by atoms with Crippen molar-refractivity contribution in [3.8, 4) is 11.5 Å². The molecule has 182 valence electrons. The number of aryl methyl sites for hydroxylation is 1. The van der Waals surface area contributed by atoms with E-state index in [9.17, 15) is 13.2 Å². The van der Waals surface area contributed by atoms with Gasteiger partial charge < -0.3 is 14.8 Å². The van der Waals surface area contributed by atoms with Gasteiger partial charge in [0.15, 0.2) is 0 Å². The molecule has 7 nitrogen and oxygen atoms in total. The van der Waals surface area contributed by atoms with Crippen molar-refractivity contribution in [2.45, 2.75) is 52.6 Å². The van der Waals surface area contributed by atoms with E-state index in [0.717, 1.165) is 24.8 Å². The average molecular weight is 477 g/mol. The van der Waals surface area contributed by atoms with Gasteiger partial charge in [0.1, 0.15) is 18.1 Å². The topological polar surface area (TPSA) is 84.9 Å². The summed E-state index contributed by atoms with van der Waals surface area (Å²) in [6, 6.07) is 15.0. The highest BCUT2D eigenvalue weighted by Crippen LogP contribution is 2.24. The summed E-state index contributed by atoms with van der Waals surface area (Å²) >= 11 is 0. The van der Waals surface area contributed by atoms with E-state index in [4.69, 9.17) is 9.47 Å². The molecule has 33 heavy (non-hydrogen) atoms. The Hall–Kier alpha value is -2.74. The number of amides is 1. The van der Waals surface area contributed by atoms with Crippen molar-refractivity contribution in [3.05, 3.63) is 54.1 Å². The first-order valence-corrected chi connectivity index (χ1v) is 13.3. The zero-order chi connectivity index (χ0) is 24.3. The molecule has 0 unspecified atom stereocenters. The highest BCUT2D eigenvalue weighted by Gasteiger charge is 2.18. The number of hydrogen-bond donors (Lipinski definition) is 1. The number of carbonyl (C=O) groups is 1. The molecule has 2 rings (SSSR count). The Morgan fingerprint density at radius 3 is 2.45 bits per heavy atom. The van der Waals surface area contributed by atoms with Crippen LogP contribution in [0, 0.1) is 0 Å². The van der Waals surface area contributed by atoms with Crippen LogP contribution in [0.3, 0.4) is 0 Å². The maximum atomic E-state index is 12.3. The molecule has 0 aliphatic heterocycles. The molecule has 0 aliphatic carbocycles. The Morgan fingerprint density at radius 1 is 1.09 bits per heavy atom. The number of hydrogen-bond acceptors (Lipinski definition) is 5. The maximum absolute atomic E-state index is 12.3. The van der Waals surface area contributed by atoms with Gasteiger partial charge in [0, 0.05) is 19.0 Å². The minimum Gasteiger partial charge on any atom is -0.492 e. The fourth-order valence-electron chi connectivity index (χ4n) is 3.34. The predicted octanol–water partition coefficient (Wildman–Crippen LogP) is 4.17. The summed E-state index contributed by atoms with van der Waals surface area (Å²) in [5.41, 5.74) is 1.80. The fourth-order valence-corrected chi connectivity index (χ4v) is 4.30. The predicted molar refractivity (Wildman–Crippen MR) is 133 cm³/mol. The van der Waals surface area contributed by atoms with Crippen LogP contribution in [0.1, 0.15) is 45.6 Å². The Labute approximate surface area is 198 Å². The SMILES string of the molecule is CCCc1ccc(OCCNC(=O)CCCN(c2cccc(OC(C)C)c2)S(C)(=O)=O)cc1. The van der Waals surface area contributed by atoms with Crippen LogP contribution in [0.15, 0.2) is 48.5 Å². The molecule has 1 N–H and O–H groups in total. The first-order chi connectivity index (χ1) is 15.7. The molecule has 0 bridgehead atoms. The third-order valence-corrected chi connectivity index (χ3v) is 5.99. The molecule has 0 aromatic heterocycles. The smallest absolute Gasteiger partial charge is 0.232 e. The average Bonchev–Trinajstić information content (AvgIpc) is 2.74. The summed E-state index contributed by atoms with van der Waals surface area (Å²) in [5.74, 6) is 1.24. The van der Waals surface area contributed by atoms with Gasteiger partial charge in [-0.3, -0.25) is 9.10 Å². The maximum Gasteiger partial charge on any atom is 0.232 e. The number of carbonyl (C=O) groups excluding carboxylic acids is 1. The summed E-state index contributed by atoms with van der Waals surface area (Å²) in [7, 11) is -3.49. The molecule has 0 heterocycles. The third-order valence-electron chi connectivity index (χ3n) is 4.80. The van der Waals surface area contributed by atoms with Crippen LogP contribution < -0.4 is 19.1 Å². The number of nitrogens with zero attached hydrogens (tertiary/aromatic N) is 1. The number of rotatable bonds is 14. The molecular formula is C25H36N2O5S. The number of ether oxygens (including phenoxy) is 2. The quantitative estimate of drug-likeness (QED) is 0.414. The summed E-state index contributed by atoms with van der Waals surface area (Å²) in [4.78, 5) is 12.2. The van der Waals surface area contributed by atoms with Crippen LogP contribution in [-0.4, -0.2) is 46.4 Å². The van der Waals surface area contributed by atoms with Crippen molar-refractivity contribution in [1.29, 1.82) is 0 Å². The molecule has 0 atom stereocenters. The lowest BCUT2D eigenvalue weighted by atomic mass is 10.1. The Bertz CT molecular complexity index is 975. The summed E-state index contributed by atoms with van der Waals surface area (Å²) in [5, 5.41) is 2.82. The summed E-state index contributed by atoms with van der Waals surface area (Å²) < 4.78 is 37.3. The van der Waals surface area contributed by atoms with Gasteiger partial charge >= 0.3 is 0 Å². The molecular weight excluding hydrogens is 440 g/mol. The second kappa shape index (κ2) is 13.1. The zero-order valence-corrected chi connectivity index (χ0v) is 20.9. The van der Waals surface area contributed by atoms with Crippen molar-refractivity contribution in [2.75, 3.05) is 30.3 Å². The van der Waals surface area contributed by atoms with Gasteiger partial charge in [0.2, 0.25) is 15.9 Å². The van der Waals surface area contributed by atoms with Gasteiger partial charge in [0.05, 0.1) is 24.6 Å². The van der Waals surface area contributed by atoms with Crippen molar-refractivity contribution >= 4 is 21.6 Å². The highest BCUT2D eigenvalue weighted by molar-refractivity contribution is 7.92. The van der Waals surface area contributed by atoms with Crippen molar-refractivity contribution in [3.63, 3.8) is 0 Å². The Balaban J connectivity index is 1.77.